The zero-order valence-corrected chi connectivity index (χ0v) is 20.8. The number of aryl methyl sites for hydroxylation is 1. The largest absolute Gasteiger partial charge is 0.345 e. The van der Waals surface area contributed by atoms with E-state index in [1.807, 2.05) is 4.90 Å². The SMILES string of the molecule is Cc1cc([N+](=O)[O-])c2sc(N3CCN(CCCC4(c5ccc(F)cc5)OCCO4)CC3)nc(=O)c2c1. The lowest BCUT2D eigenvalue weighted by Gasteiger charge is -2.35. The number of hydrogen-bond donors (Lipinski definition) is 0. The number of nitro benzene ring substituents is 1. The normalized spacial score (nSPS) is 18.1. The molecule has 36 heavy (non-hydrogen) atoms. The number of ether oxygens (including phenoxy) is 2. The van der Waals surface area contributed by atoms with E-state index in [4.69, 9.17) is 9.47 Å². The van der Waals surface area contributed by atoms with Crippen LogP contribution in [0.4, 0.5) is 15.2 Å². The minimum atomic E-state index is -0.830. The number of nitrogens with zero attached hydrogens (tertiary/aromatic N) is 4. The summed E-state index contributed by atoms with van der Waals surface area (Å²) >= 11 is 1.20. The summed E-state index contributed by atoms with van der Waals surface area (Å²) in [5, 5.41) is 12.4. The summed E-state index contributed by atoms with van der Waals surface area (Å²) in [4.78, 5) is 32.4. The van der Waals surface area contributed by atoms with E-state index < -0.39 is 16.3 Å². The predicted molar refractivity (Wildman–Crippen MR) is 135 cm³/mol. The fourth-order valence-electron chi connectivity index (χ4n) is 4.86. The maximum absolute atomic E-state index is 13.4. The topological polar surface area (TPSA) is 98.0 Å². The van der Waals surface area contributed by atoms with Gasteiger partial charge < -0.3 is 14.4 Å². The summed E-state index contributed by atoms with van der Waals surface area (Å²) < 4.78 is 25.7. The van der Waals surface area contributed by atoms with E-state index >= 15 is 0 Å². The fourth-order valence-corrected chi connectivity index (χ4v) is 5.98. The van der Waals surface area contributed by atoms with Gasteiger partial charge in [-0.25, -0.2) is 4.39 Å². The van der Waals surface area contributed by atoms with Gasteiger partial charge in [-0.05, 0) is 43.7 Å². The Morgan fingerprint density at radius 2 is 1.83 bits per heavy atom. The molecule has 3 heterocycles. The molecular weight excluding hydrogens is 487 g/mol. The van der Waals surface area contributed by atoms with E-state index in [-0.39, 0.29) is 11.5 Å². The minimum Gasteiger partial charge on any atom is -0.345 e. The molecule has 2 aliphatic heterocycles. The van der Waals surface area contributed by atoms with Crippen LogP contribution in [0.25, 0.3) is 10.1 Å². The van der Waals surface area contributed by atoms with Crippen molar-refractivity contribution in [2.24, 2.45) is 0 Å². The first-order valence-corrected chi connectivity index (χ1v) is 12.8. The Balaban J connectivity index is 1.22. The second-order valence-corrected chi connectivity index (χ2v) is 10.1. The summed E-state index contributed by atoms with van der Waals surface area (Å²) in [6.45, 7) is 6.49. The van der Waals surface area contributed by atoms with Gasteiger partial charge in [-0.2, -0.15) is 4.98 Å². The second-order valence-electron chi connectivity index (χ2n) is 9.11. The standard InChI is InChI=1S/C25H27FN4O5S/c1-17-15-20-22(21(16-17)30(32)33)36-24(27-23(20)31)29-11-9-28(10-12-29)8-2-7-25(34-13-14-35-25)18-3-5-19(26)6-4-18/h3-6,15-16H,2,7-14H2,1H3. The minimum absolute atomic E-state index is 0.0548. The van der Waals surface area contributed by atoms with Crippen molar-refractivity contribution in [3.05, 3.63) is 73.8 Å². The van der Waals surface area contributed by atoms with E-state index in [2.05, 4.69) is 9.88 Å². The van der Waals surface area contributed by atoms with Crippen molar-refractivity contribution in [1.82, 2.24) is 9.88 Å². The molecule has 3 aromatic rings. The zero-order chi connectivity index (χ0) is 25.3. The summed E-state index contributed by atoms with van der Waals surface area (Å²) in [5.74, 6) is -1.12. The Bertz CT molecular complexity index is 1320. The van der Waals surface area contributed by atoms with Crippen LogP contribution in [-0.4, -0.2) is 60.7 Å². The van der Waals surface area contributed by atoms with E-state index in [0.29, 0.717) is 53.5 Å². The summed E-state index contributed by atoms with van der Waals surface area (Å²) in [7, 11) is 0. The van der Waals surface area contributed by atoms with Crippen molar-refractivity contribution in [3.8, 4) is 0 Å². The van der Waals surface area contributed by atoms with Gasteiger partial charge in [-0.3, -0.25) is 19.8 Å². The molecule has 0 aliphatic carbocycles. The third-order valence-electron chi connectivity index (χ3n) is 6.69. The van der Waals surface area contributed by atoms with Crippen molar-refractivity contribution >= 4 is 32.2 Å². The van der Waals surface area contributed by atoms with Crippen molar-refractivity contribution < 1.29 is 18.8 Å². The molecular formula is C25H27FN4O5S. The Hall–Kier alpha value is -2.99. The lowest BCUT2D eigenvalue weighted by atomic mass is 10.00. The van der Waals surface area contributed by atoms with Crippen LogP contribution in [0.15, 0.2) is 41.2 Å². The third kappa shape index (κ3) is 4.96. The lowest BCUT2D eigenvalue weighted by Crippen LogP contribution is -2.47. The van der Waals surface area contributed by atoms with Gasteiger partial charge in [0, 0.05) is 44.2 Å². The first-order chi connectivity index (χ1) is 17.3. The number of piperazine rings is 1. The number of aromatic nitrogens is 1. The van der Waals surface area contributed by atoms with Crippen molar-refractivity contribution in [2.75, 3.05) is 50.8 Å². The zero-order valence-electron chi connectivity index (χ0n) is 19.9. The average Bonchev–Trinajstić information content (AvgIpc) is 3.34. The molecule has 0 bridgehead atoms. The molecule has 190 valence electrons. The number of benzene rings is 2. The molecule has 0 N–H and O–H groups in total. The van der Waals surface area contributed by atoms with Crippen molar-refractivity contribution in [3.63, 3.8) is 0 Å². The van der Waals surface area contributed by atoms with Crippen LogP contribution < -0.4 is 10.5 Å². The van der Waals surface area contributed by atoms with Crippen LogP contribution in [-0.2, 0) is 15.3 Å². The highest BCUT2D eigenvalue weighted by atomic mass is 32.1. The van der Waals surface area contributed by atoms with Gasteiger partial charge in [0.1, 0.15) is 10.5 Å². The van der Waals surface area contributed by atoms with Crippen molar-refractivity contribution in [2.45, 2.75) is 25.6 Å². The monoisotopic (exact) mass is 514 g/mol. The van der Waals surface area contributed by atoms with Gasteiger partial charge in [0.05, 0.1) is 23.5 Å². The number of hydrogen-bond acceptors (Lipinski definition) is 9. The first-order valence-electron chi connectivity index (χ1n) is 12.0. The Morgan fingerprint density at radius 3 is 2.50 bits per heavy atom. The highest BCUT2D eigenvalue weighted by molar-refractivity contribution is 7.22. The highest BCUT2D eigenvalue weighted by Crippen LogP contribution is 2.36. The molecule has 2 saturated heterocycles. The molecule has 0 atom stereocenters. The van der Waals surface area contributed by atoms with Crippen LogP contribution in [0, 0.1) is 22.9 Å². The molecule has 0 amide bonds. The van der Waals surface area contributed by atoms with Gasteiger partial charge in [0.2, 0.25) is 0 Å². The van der Waals surface area contributed by atoms with Gasteiger partial charge in [0.15, 0.2) is 10.9 Å². The number of anilines is 1. The summed E-state index contributed by atoms with van der Waals surface area (Å²) in [6.07, 6.45) is 1.50. The molecule has 0 radical (unpaired) electrons. The predicted octanol–water partition coefficient (Wildman–Crippen LogP) is 3.81. The molecule has 0 unspecified atom stereocenters. The molecule has 1 aromatic heterocycles. The van der Waals surface area contributed by atoms with Crippen molar-refractivity contribution in [1.29, 1.82) is 0 Å². The van der Waals surface area contributed by atoms with Crippen LogP contribution in [0.2, 0.25) is 0 Å². The Morgan fingerprint density at radius 1 is 1.14 bits per heavy atom. The molecule has 2 aliphatic rings. The third-order valence-corrected chi connectivity index (χ3v) is 7.86. The molecule has 9 nitrogen and oxygen atoms in total. The maximum Gasteiger partial charge on any atom is 0.287 e. The molecule has 11 heteroatoms. The molecule has 5 rings (SSSR count). The summed E-state index contributed by atoms with van der Waals surface area (Å²) in [6, 6.07) is 9.43. The van der Waals surface area contributed by atoms with E-state index in [0.717, 1.165) is 31.6 Å². The van der Waals surface area contributed by atoms with Crippen LogP contribution in [0.1, 0.15) is 24.0 Å². The summed E-state index contributed by atoms with van der Waals surface area (Å²) in [5.41, 5.74) is 1.00. The van der Waals surface area contributed by atoms with Gasteiger partial charge in [-0.15, -0.1) is 0 Å². The van der Waals surface area contributed by atoms with Gasteiger partial charge in [-0.1, -0.05) is 23.5 Å². The maximum atomic E-state index is 13.4. The number of nitro groups is 1. The lowest BCUT2D eigenvalue weighted by molar-refractivity contribution is -0.382. The Labute approximate surface area is 211 Å². The molecule has 0 saturated carbocycles. The van der Waals surface area contributed by atoms with E-state index in [1.165, 1.54) is 29.5 Å². The molecule has 0 spiro atoms. The molecule has 2 aromatic carbocycles. The van der Waals surface area contributed by atoms with Crippen LogP contribution in [0.3, 0.4) is 0 Å². The number of fused-ring (bicyclic) bond motifs is 1. The Kier molecular flexibility index (Phi) is 6.98. The van der Waals surface area contributed by atoms with Crippen LogP contribution >= 0.6 is 11.3 Å². The van der Waals surface area contributed by atoms with Crippen LogP contribution in [0.5, 0.6) is 0 Å². The van der Waals surface area contributed by atoms with E-state index in [9.17, 15) is 19.3 Å². The average molecular weight is 515 g/mol. The number of non-ortho nitro benzene ring substituents is 1. The van der Waals surface area contributed by atoms with Gasteiger partial charge >= 0.3 is 0 Å². The fraction of sp³-hybridized carbons (Fsp3) is 0.440. The highest BCUT2D eigenvalue weighted by Gasteiger charge is 2.38. The second kappa shape index (κ2) is 10.2. The van der Waals surface area contributed by atoms with Gasteiger partial charge in [0.25, 0.3) is 11.2 Å². The smallest absolute Gasteiger partial charge is 0.287 e. The number of halogens is 1. The first kappa shape index (κ1) is 24.7. The number of rotatable bonds is 7. The molecule has 2 fully saturated rings. The quantitative estimate of drug-likeness (QED) is 0.347. The van der Waals surface area contributed by atoms with E-state index in [1.54, 1.807) is 25.1 Å².